The first kappa shape index (κ1) is 16.6. The Labute approximate surface area is 154 Å². The second kappa shape index (κ2) is 6.80. The monoisotopic (exact) mass is 365 g/mol. The number of fused-ring (bicyclic) bond motifs is 3. The van der Waals surface area contributed by atoms with Crippen molar-refractivity contribution in [2.24, 2.45) is 0 Å². The Hall–Kier alpha value is -2.86. The number of hydrogen-bond acceptors (Lipinski definition) is 5. The van der Waals surface area contributed by atoms with Crippen molar-refractivity contribution in [3.05, 3.63) is 59.1 Å². The molecule has 0 spiro atoms. The van der Waals surface area contributed by atoms with Crippen molar-refractivity contribution in [2.45, 2.75) is 13.3 Å². The maximum absolute atomic E-state index is 13.1. The van der Waals surface area contributed by atoms with E-state index in [-0.39, 0.29) is 5.56 Å². The van der Waals surface area contributed by atoms with E-state index in [1.54, 1.807) is 17.9 Å². The van der Waals surface area contributed by atoms with Gasteiger partial charge in [-0.1, -0.05) is 6.92 Å². The molecule has 0 atom stereocenters. The number of benzene rings is 1. The molecule has 132 valence electrons. The molecule has 0 saturated heterocycles. The minimum Gasteiger partial charge on any atom is -0.497 e. The van der Waals surface area contributed by atoms with Gasteiger partial charge in [0.05, 0.1) is 7.11 Å². The third-order valence-electron chi connectivity index (χ3n) is 4.35. The van der Waals surface area contributed by atoms with Crippen LogP contribution in [0.2, 0.25) is 0 Å². The zero-order valence-corrected chi connectivity index (χ0v) is 15.5. The van der Waals surface area contributed by atoms with Crippen molar-refractivity contribution in [3.8, 4) is 11.4 Å². The molecular weight excluding hydrogens is 346 g/mol. The Morgan fingerprint density at radius 3 is 2.73 bits per heavy atom. The van der Waals surface area contributed by atoms with Gasteiger partial charge >= 0.3 is 0 Å². The van der Waals surface area contributed by atoms with Gasteiger partial charge in [-0.3, -0.25) is 9.36 Å². The van der Waals surface area contributed by atoms with Crippen LogP contribution in [0, 0.1) is 0 Å². The van der Waals surface area contributed by atoms with Gasteiger partial charge in [0.2, 0.25) is 0 Å². The molecule has 4 aromatic rings. The number of nitrogens with one attached hydrogen (secondary N) is 1. The highest BCUT2D eigenvalue weighted by Crippen LogP contribution is 2.35. The van der Waals surface area contributed by atoms with Gasteiger partial charge in [-0.2, -0.15) is 0 Å². The molecule has 0 amide bonds. The Morgan fingerprint density at radius 2 is 2.00 bits per heavy atom. The van der Waals surface area contributed by atoms with Crippen LogP contribution >= 0.6 is 11.3 Å². The number of rotatable bonds is 5. The summed E-state index contributed by atoms with van der Waals surface area (Å²) in [5, 5.41) is 5.42. The van der Waals surface area contributed by atoms with E-state index in [1.165, 1.54) is 11.3 Å². The topological polar surface area (TPSA) is 56.2 Å². The molecule has 0 bridgehead atoms. The molecule has 1 aromatic carbocycles. The molecule has 3 aromatic heterocycles. The number of hydrogen-bond donors (Lipinski definition) is 1. The molecule has 0 saturated carbocycles. The zero-order valence-electron chi connectivity index (χ0n) is 14.7. The normalized spacial score (nSPS) is 11.2. The lowest BCUT2D eigenvalue weighted by molar-refractivity contribution is 0.414. The molecule has 1 N–H and O–H groups in total. The first-order chi connectivity index (χ1) is 12.7. The highest BCUT2D eigenvalue weighted by atomic mass is 32.1. The second-order valence-corrected chi connectivity index (χ2v) is 7.00. The van der Waals surface area contributed by atoms with Crippen LogP contribution in [0.3, 0.4) is 0 Å². The van der Waals surface area contributed by atoms with Crippen molar-refractivity contribution in [1.82, 2.24) is 9.55 Å². The fraction of sp³-hybridized carbons (Fsp3) is 0.200. The number of thiophene rings is 1. The second-order valence-electron chi connectivity index (χ2n) is 6.00. The highest BCUT2D eigenvalue weighted by molar-refractivity contribution is 7.25. The average Bonchev–Trinajstić information content (AvgIpc) is 3.07. The van der Waals surface area contributed by atoms with Gasteiger partial charge in [0.25, 0.3) is 5.56 Å². The van der Waals surface area contributed by atoms with Crippen LogP contribution in [-0.4, -0.2) is 23.2 Å². The Bertz CT molecular complexity index is 1130. The molecule has 0 aliphatic heterocycles. The molecule has 0 aliphatic carbocycles. The SMILES string of the molecule is CCCNc1ccnc2sc3c(=O)n(-c4ccc(OC)cc4)ccc3c12. The molecule has 0 unspecified atom stereocenters. The molecular formula is C20H19N3O2S. The van der Waals surface area contributed by atoms with E-state index in [1.807, 2.05) is 42.6 Å². The van der Waals surface area contributed by atoms with Gasteiger partial charge in [0.1, 0.15) is 15.3 Å². The lowest BCUT2D eigenvalue weighted by Gasteiger charge is -2.08. The molecule has 0 aliphatic rings. The van der Waals surface area contributed by atoms with E-state index >= 15 is 0 Å². The Morgan fingerprint density at radius 1 is 1.19 bits per heavy atom. The zero-order chi connectivity index (χ0) is 18.1. The quantitative estimate of drug-likeness (QED) is 0.568. The summed E-state index contributed by atoms with van der Waals surface area (Å²) in [5.74, 6) is 0.764. The number of aromatic nitrogens is 2. The third kappa shape index (κ3) is 2.72. The van der Waals surface area contributed by atoms with E-state index in [9.17, 15) is 4.79 Å². The maximum atomic E-state index is 13.1. The van der Waals surface area contributed by atoms with Gasteiger partial charge in [-0.05, 0) is 42.8 Å². The van der Waals surface area contributed by atoms with Crippen LogP contribution in [-0.2, 0) is 0 Å². The summed E-state index contributed by atoms with van der Waals surface area (Å²) in [5.41, 5.74) is 1.81. The van der Waals surface area contributed by atoms with Crippen LogP contribution < -0.4 is 15.6 Å². The van der Waals surface area contributed by atoms with Gasteiger partial charge in [-0.15, -0.1) is 11.3 Å². The lowest BCUT2D eigenvalue weighted by Crippen LogP contribution is -2.16. The molecule has 6 heteroatoms. The molecule has 5 nitrogen and oxygen atoms in total. The minimum absolute atomic E-state index is 0.0305. The van der Waals surface area contributed by atoms with Crippen LogP contribution in [0.5, 0.6) is 5.75 Å². The van der Waals surface area contributed by atoms with Crippen LogP contribution in [0.4, 0.5) is 5.69 Å². The van der Waals surface area contributed by atoms with Crippen LogP contribution in [0.25, 0.3) is 26.0 Å². The van der Waals surface area contributed by atoms with Gasteiger partial charge in [0, 0.05) is 41.1 Å². The predicted octanol–water partition coefficient (Wildman–Crippen LogP) is 4.43. The lowest BCUT2D eigenvalue weighted by atomic mass is 10.2. The van der Waals surface area contributed by atoms with Crippen molar-refractivity contribution >= 4 is 37.3 Å². The van der Waals surface area contributed by atoms with Crippen molar-refractivity contribution < 1.29 is 4.74 Å². The number of anilines is 1. The summed E-state index contributed by atoms with van der Waals surface area (Å²) < 4.78 is 7.57. The summed E-state index contributed by atoms with van der Waals surface area (Å²) in [6, 6.07) is 11.4. The Balaban J connectivity index is 1.90. The predicted molar refractivity (Wildman–Crippen MR) is 108 cm³/mol. The van der Waals surface area contributed by atoms with Crippen molar-refractivity contribution in [2.75, 3.05) is 19.0 Å². The van der Waals surface area contributed by atoms with E-state index in [0.717, 1.165) is 50.4 Å². The molecule has 0 radical (unpaired) electrons. The van der Waals surface area contributed by atoms with Crippen molar-refractivity contribution in [1.29, 1.82) is 0 Å². The largest absolute Gasteiger partial charge is 0.497 e. The molecule has 26 heavy (non-hydrogen) atoms. The molecule has 3 heterocycles. The minimum atomic E-state index is -0.0305. The van der Waals surface area contributed by atoms with Gasteiger partial charge in [-0.25, -0.2) is 4.98 Å². The van der Waals surface area contributed by atoms with E-state index in [4.69, 9.17) is 4.74 Å². The smallest absolute Gasteiger partial charge is 0.273 e. The van der Waals surface area contributed by atoms with Crippen LogP contribution in [0.1, 0.15) is 13.3 Å². The number of methoxy groups -OCH3 is 1. The Kier molecular flexibility index (Phi) is 4.34. The van der Waals surface area contributed by atoms with E-state index < -0.39 is 0 Å². The number of nitrogens with zero attached hydrogens (tertiary/aromatic N) is 2. The number of pyridine rings is 2. The molecule has 4 rings (SSSR count). The van der Waals surface area contributed by atoms with E-state index in [2.05, 4.69) is 17.2 Å². The van der Waals surface area contributed by atoms with Gasteiger partial charge < -0.3 is 10.1 Å². The summed E-state index contributed by atoms with van der Waals surface area (Å²) >= 11 is 1.44. The summed E-state index contributed by atoms with van der Waals surface area (Å²) in [4.78, 5) is 18.4. The first-order valence-electron chi connectivity index (χ1n) is 8.54. The third-order valence-corrected chi connectivity index (χ3v) is 5.45. The summed E-state index contributed by atoms with van der Waals surface area (Å²) in [6.07, 6.45) is 4.66. The van der Waals surface area contributed by atoms with Gasteiger partial charge in [0.15, 0.2) is 0 Å². The maximum Gasteiger partial charge on any atom is 0.273 e. The summed E-state index contributed by atoms with van der Waals surface area (Å²) in [7, 11) is 1.63. The fourth-order valence-corrected chi connectivity index (χ4v) is 4.14. The standard InChI is InChI=1S/C20H19N3O2S/c1-3-10-21-16-8-11-22-19-17(16)15-9-12-23(20(24)18(15)26-19)13-4-6-14(25-2)7-5-13/h4-9,11-12H,3,10H2,1-2H3,(H,21,22). The van der Waals surface area contributed by atoms with Crippen molar-refractivity contribution in [3.63, 3.8) is 0 Å². The fourth-order valence-electron chi connectivity index (χ4n) is 3.04. The highest BCUT2D eigenvalue weighted by Gasteiger charge is 2.14. The van der Waals surface area contributed by atoms with E-state index in [0.29, 0.717) is 0 Å². The summed E-state index contributed by atoms with van der Waals surface area (Å²) in [6.45, 7) is 3.02. The first-order valence-corrected chi connectivity index (χ1v) is 9.35. The molecule has 0 fully saturated rings. The van der Waals surface area contributed by atoms with Crippen LogP contribution in [0.15, 0.2) is 53.6 Å². The number of ether oxygens (including phenoxy) is 1. The average molecular weight is 365 g/mol.